The third-order valence-corrected chi connectivity index (χ3v) is 10.4. The first-order valence-electron chi connectivity index (χ1n) is 12.4. The molecule has 210 valence electrons. The van der Waals surface area contributed by atoms with E-state index in [-0.39, 0.29) is 21.7 Å². The van der Waals surface area contributed by atoms with Gasteiger partial charge in [-0.3, -0.25) is 5.41 Å². The number of carbonyl (C=O) groups excluding carboxylic acids is 1. The van der Waals surface area contributed by atoms with Gasteiger partial charge in [-0.2, -0.15) is 5.21 Å². The first-order valence-corrected chi connectivity index (χ1v) is 16.0. The molecule has 0 saturated carbocycles. The van der Waals surface area contributed by atoms with Crippen LogP contribution in [-0.2, 0) is 16.3 Å². The number of amidine groups is 1. The fourth-order valence-corrected chi connectivity index (χ4v) is 8.07. The van der Waals surface area contributed by atoms with Crippen LogP contribution in [0.25, 0.3) is 11.1 Å². The molecule has 2 aromatic carbocycles. The number of sulfone groups is 1. The molecule has 0 unspecified atom stereocenters. The maximum Gasteiger partial charge on any atom is 0.319 e. The number of hydrogen-bond acceptors (Lipinski definition) is 9. The van der Waals surface area contributed by atoms with Gasteiger partial charge in [0.25, 0.3) is 0 Å². The Bertz CT molecular complexity index is 1600. The van der Waals surface area contributed by atoms with E-state index in [1.165, 1.54) is 29.2 Å². The van der Waals surface area contributed by atoms with Crippen molar-refractivity contribution in [1.82, 2.24) is 25.9 Å². The first-order chi connectivity index (χ1) is 19.2. The van der Waals surface area contributed by atoms with Gasteiger partial charge in [0.15, 0.2) is 5.82 Å². The van der Waals surface area contributed by atoms with Gasteiger partial charge in [0.2, 0.25) is 9.84 Å². The second-order valence-electron chi connectivity index (χ2n) is 8.93. The van der Waals surface area contributed by atoms with Crippen LogP contribution in [0.1, 0.15) is 35.5 Å². The molecule has 2 amide bonds. The molecule has 0 radical (unpaired) electrons. The number of aromatic amines is 1. The molecule has 0 saturated heterocycles. The van der Waals surface area contributed by atoms with Gasteiger partial charge in [0.05, 0.1) is 24.6 Å². The zero-order valence-corrected chi connectivity index (χ0v) is 24.5. The number of benzene rings is 2. The minimum Gasteiger partial charge on any atom is -0.383 e. The van der Waals surface area contributed by atoms with E-state index in [4.69, 9.17) is 11.1 Å². The van der Waals surface area contributed by atoms with Gasteiger partial charge in [0, 0.05) is 18.5 Å². The van der Waals surface area contributed by atoms with Crippen LogP contribution in [0.5, 0.6) is 0 Å². The highest BCUT2D eigenvalue weighted by Crippen LogP contribution is 2.38. The minimum atomic E-state index is -3.88. The highest BCUT2D eigenvalue weighted by Gasteiger charge is 2.25. The van der Waals surface area contributed by atoms with Crippen molar-refractivity contribution in [3.63, 3.8) is 0 Å². The number of carbonyl (C=O) groups is 1. The second-order valence-corrected chi connectivity index (χ2v) is 13.0. The number of urea groups is 1. The molecule has 4 rings (SSSR count). The number of rotatable bonds is 12. The summed E-state index contributed by atoms with van der Waals surface area (Å²) in [6, 6.07) is 13.3. The average molecular weight is 599 g/mol. The summed E-state index contributed by atoms with van der Waals surface area (Å²) in [5, 5.41) is 27.3. The molecule has 0 bridgehead atoms. The van der Waals surface area contributed by atoms with Gasteiger partial charge in [-0.25, -0.2) is 13.2 Å². The van der Waals surface area contributed by atoms with Crippen LogP contribution in [0.3, 0.4) is 0 Å². The third-order valence-electron chi connectivity index (χ3n) is 6.11. The largest absolute Gasteiger partial charge is 0.383 e. The van der Waals surface area contributed by atoms with Gasteiger partial charge < -0.3 is 16.4 Å². The van der Waals surface area contributed by atoms with Crippen LogP contribution >= 0.6 is 23.1 Å². The number of tetrazole rings is 1. The van der Waals surface area contributed by atoms with Crippen LogP contribution in [-0.4, -0.2) is 53.7 Å². The molecule has 0 spiro atoms. The topological polar surface area (TPSA) is 180 Å². The number of nitrogen functional groups attached to an aromatic ring is 1. The molecule has 11 nitrogen and oxygen atoms in total. The lowest BCUT2D eigenvalue weighted by Crippen LogP contribution is -2.29. The third kappa shape index (κ3) is 6.87. The number of aromatic nitrogens is 4. The fraction of sp³-hybridized carbons (Fsp3) is 0.269. The van der Waals surface area contributed by atoms with Crippen molar-refractivity contribution in [3.05, 3.63) is 64.8 Å². The summed E-state index contributed by atoms with van der Waals surface area (Å²) in [5.41, 5.74) is 8.46. The number of amides is 2. The van der Waals surface area contributed by atoms with Crippen LogP contribution in [0.15, 0.2) is 62.5 Å². The van der Waals surface area contributed by atoms with Gasteiger partial charge in [-0.15, -0.1) is 33.3 Å². The number of H-pyrrole nitrogens is 1. The average Bonchev–Trinajstić information content (AvgIpc) is 3.61. The highest BCUT2D eigenvalue weighted by atomic mass is 32.2. The summed E-state index contributed by atoms with van der Waals surface area (Å²) in [4.78, 5) is 13.3. The summed E-state index contributed by atoms with van der Waals surface area (Å²) in [6.07, 6.45) is 5.12. The number of aryl methyl sites for hydroxylation is 2. The first kappa shape index (κ1) is 29.2. The van der Waals surface area contributed by atoms with Crippen molar-refractivity contribution in [2.75, 3.05) is 18.1 Å². The van der Waals surface area contributed by atoms with Crippen LogP contribution in [0.2, 0.25) is 0 Å². The van der Waals surface area contributed by atoms with Gasteiger partial charge in [0.1, 0.15) is 5.84 Å². The number of anilines is 1. The Labute approximate surface area is 240 Å². The normalized spacial score (nSPS) is 11.3. The molecule has 2 aromatic heterocycles. The van der Waals surface area contributed by atoms with E-state index < -0.39 is 9.84 Å². The Kier molecular flexibility index (Phi) is 9.55. The summed E-state index contributed by atoms with van der Waals surface area (Å²) >= 11 is 2.48. The summed E-state index contributed by atoms with van der Waals surface area (Å²) in [7, 11) is -3.88. The van der Waals surface area contributed by atoms with E-state index in [1.807, 2.05) is 25.1 Å². The number of nitrogens with two attached hydrogens (primary N) is 1. The maximum absolute atomic E-state index is 13.6. The predicted molar refractivity (Wildman–Crippen MR) is 158 cm³/mol. The number of nitrogens with one attached hydrogen (secondary N) is 4. The van der Waals surface area contributed by atoms with E-state index >= 15 is 0 Å². The molecule has 2 heterocycles. The van der Waals surface area contributed by atoms with Crippen molar-refractivity contribution >= 4 is 50.5 Å². The molecule has 0 aliphatic carbocycles. The molecule has 6 N–H and O–H groups in total. The summed E-state index contributed by atoms with van der Waals surface area (Å²) < 4.78 is 27.8. The highest BCUT2D eigenvalue weighted by molar-refractivity contribution is 8.01. The predicted octanol–water partition coefficient (Wildman–Crippen LogP) is 4.61. The number of unbranched alkanes of at least 4 members (excludes halogenated alkanes) is 2. The smallest absolute Gasteiger partial charge is 0.319 e. The Morgan fingerprint density at radius 2 is 1.95 bits per heavy atom. The lowest BCUT2D eigenvalue weighted by molar-refractivity contribution is 0.252. The number of hydrogen-bond donors (Lipinski definition) is 5. The molecule has 4 aromatic rings. The van der Waals surface area contributed by atoms with Crippen LogP contribution in [0, 0.1) is 12.3 Å². The maximum atomic E-state index is 13.6. The molecule has 0 aliphatic heterocycles. The zero-order valence-electron chi connectivity index (χ0n) is 22.0. The van der Waals surface area contributed by atoms with Crippen molar-refractivity contribution in [1.29, 1.82) is 5.41 Å². The van der Waals surface area contributed by atoms with Gasteiger partial charge in [-0.1, -0.05) is 35.9 Å². The van der Waals surface area contributed by atoms with E-state index in [9.17, 15) is 13.2 Å². The van der Waals surface area contributed by atoms with Gasteiger partial charge in [-0.05, 0) is 61.4 Å². The van der Waals surface area contributed by atoms with Crippen molar-refractivity contribution in [3.8, 4) is 11.1 Å². The van der Waals surface area contributed by atoms with Crippen LogP contribution in [0.4, 0.5) is 10.5 Å². The molecule has 14 heteroatoms. The Morgan fingerprint density at radius 1 is 1.15 bits per heavy atom. The Balaban J connectivity index is 1.48. The standard InChI is InChI=1S/C26H30N8O3S3/c1-16-8-6-11-19(30-26(35)29-13-5-3-4-12-22-31-33-34-32-22)23(16)17-9-7-10-18(14-17)40(36,37)21-15-20(24(27)28)39-25(21)38-2/h6-11,14-15H,3-5,12-13H2,1-2H3,(H3,27,28)(H2,29,30,35)(H,31,32,33,34). The SMILES string of the molecule is CSc1sc(C(=N)N)cc1S(=O)(=O)c1cccc(-c2c(C)cccc2NC(=O)NCCCCCc2nn[nH]n2)c1. The number of thioether (sulfide) groups is 1. The van der Waals surface area contributed by atoms with Crippen molar-refractivity contribution in [2.45, 2.75) is 46.6 Å². The molecule has 40 heavy (non-hydrogen) atoms. The lowest BCUT2D eigenvalue weighted by Gasteiger charge is -2.16. The second kappa shape index (κ2) is 13.1. The molecule has 0 aliphatic rings. The van der Waals surface area contributed by atoms with E-state index in [2.05, 4.69) is 31.3 Å². The van der Waals surface area contributed by atoms with Crippen molar-refractivity contribution in [2.24, 2.45) is 5.73 Å². The molecule has 0 atom stereocenters. The quantitative estimate of drug-likeness (QED) is 0.0678. The monoisotopic (exact) mass is 598 g/mol. The van der Waals surface area contributed by atoms with E-state index in [0.29, 0.717) is 32.7 Å². The van der Waals surface area contributed by atoms with Crippen molar-refractivity contribution < 1.29 is 13.2 Å². The van der Waals surface area contributed by atoms with E-state index in [1.54, 1.807) is 30.5 Å². The minimum absolute atomic E-state index is 0.118. The van der Waals surface area contributed by atoms with E-state index in [0.717, 1.165) is 36.8 Å². The fourth-order valence-electron chi connectivity index (χ4n) is 4.16. The molecular weight excluding hydrogens is 569 g/mol. The Hall–Kier alpha value is -3.75. The van der Waals surface area contributed by atoms with Crippen LogP contribution < -0.4 is 16.4 Å². The number of nitrogens with zero attached hydrogens (tertiary/aromatic N) is 3. The zero-order chi connectivity index (χ0) is 28.7. The summed E-state index contributed by atoms with van der Waals surface area (Å²) in [6.45, 7) is 2.42. The Morgan fingerprint density at radius 3 is 2.67 bits per heavy atom. The lowest BCUT2D eigenvalue weighted by atomic mass is 9.98. The summed E-state index contributed by atoms with van der Waals surface area (Å²) in [5.74, 6) is 0.503. The number of thiophene rings is 1. The molecular formula is C26H30N8O3S3. The van der Waals surface area contributed by atoms with Gasteiger partial charge >= 0.3 is 6.03 Å². The molecule has 0 fully saturated rings.